The summed E-state index contributed by atoms with van der Waals surface area (Å²) in [6.07, 6.45) is 1.69. The Bertz CT molecular complexity index is 1880. The molecule has 10 heteroatoms. The number of nitrogens with one attached hydrogen (secondary N) is 3. The van der Waals surface area contributed by atoms with Gasteiger partial charge in [-0.2, -0.15) is 0 Å². The molecule has 5 aromatic rings. The Morgan fingerprint density at radius 1 is 0.776 bits per heavy atom. The van der Waals surface area contributed by atoms with Crippen LogP contribution in [0.25, 0.3) is 11.0 Å². The van der Waals surface area contributed by atoms with Gasteiger partial charge in [-0.15, -0.1) is 0 Å². The van der Waals surface area contributed by atoms with Crippen LogP contribution in [0.5, 0.6) is 0 Å². The van der Waals surface area contributed by atoms with E-state index in [4.69, 9.17) is 9.47 Å². The zero-order valence-electron chi connectivity index (χ0n) is 27.5. The predicted octanol–water partition coefficient (Wildman–Crippen LogP) is 5.70. The highest BCUT2D eigenvalue weighted by Gasteiger charge is 2.34. The number of amides is 2. The fourth-order valence-corrected chi connectivity index (χ4v) is 6.93. The molecule has 0 spiro atoms. The number of nitrogens with zero attached hydrogens (tertiary/aromatic N) is 2. The number of likely N-dealkylation sites (tertiary alicyclic amines) is 1. The van der Waals surface area contributed by atoms with E-state index in [-0.39, 0.29) is 36.6 Å². The van der Waals surface area contributed by atoms with Crippen LogP contribution in [0.15, 0.2) is 108 Å². The van der Waals surface area contributed by atoms with Crippen molar-refractivity contribution >= 4 is 17.1 Å². The summed E-state index contributed by atoms with van der Waals surface area (Å²) in [5.74, 6) is 0. The molecule has 7 rings (SSSR count). The average Bonchev–Trinajstić information content (AvgIpc) is 3.49. The van der Waals surface area contributed by atoms with Crippen LogP contribution in [0.3, 0.4) is 0 Å². The summed E-state index contributed by atoms with van der Waals surface area (Å²) in [6.45, 7) is 3.37. The number of urea groups is 1. The van der Waals surface area contributed by atoms with E-state index < -0.39 is 6.29 Å². The molecule has 2 fully saturated rings. The maximum atomic E-state index is 12.8. The molecular weight excluding hydrogens is 618 g/mol. The summed E-state index contributed by atoms with van der Waals surface area (Å²) >= 11 is 0. The Hall–Kier alpha value is -4.74. The molecule has 3 heterocycles. The van der Waals surface area contributed by atoms with Gasteiger partial charge < -0.3 is 35.1 Å². The Balaban J connectivity index is 0.987. The highest BCUT2D eigenvalue weighted by atomic mass is 16.7. The number of rotatable bonds is 10. The first-order valence-corrected chi connectivity index (χ1v) is 17.1. The average molecular weight is 662 g/mol. The number of aromatic nitrogens is 2. The summed E-state index contributed by atoms with van der Waals surface area (Å²) in [5.41, 5.74) is 6.64. The van der Waals surface area contributed by atoms with Crippen LogP contribution < -0.4 is 16.3 Å². The number of hydrogen-bond acceptors (Lipinski definition) is 6. The van der Waals surface area contributed by atoms with E-state index in [0.717, 1.165) is 71.3 Å². The molecule has 4 N–H and O–H groups in total. The minimum Gasteiger partial charge on any atom is -0.392 e. The lowest BCUT2D eigenvalue weighted by Crippen LogP contribution is -2.43. The van der Waals surface area contributed by atoms with Gasteiger partial charge in [0.15, 0.2) is 6.29 Å². The van der Waals surface area contributed by atoms with Crippen molar-refractivity contribution in [3.8, 4) is 0 Å². The molecule has 2 amide bonds. The number of benzene rings is 4. The zero-order chi connectivity index (χ0) is 33.6. The highest BCUT2D eigenvalue weighted by Crippen LogP contribution is 2.38. The molecule has 2 aliphatic heterocycles. The molecule has 0 bridgehead atoms. The largest absolute Gasteiger partial charge is 0.392 e. The van der Waals surface area contributed by atoms with Gasteiger partial charge in [-0.05, 0) is 47.2 Å². The monoisotopic (exact) mass is 661 g/mol. The summed E-state index contributed by atoms with van der Waals surface area (Å²) in [5, 5.41) is 15.4. The van der Waals surface area contributed by atoms with Gasteiger partial charge in [-0.1, -0.05) is 91.0 Å². The molecule has 0 aliphatic carbocycles. The molecule has 0 radical (unpaired) electrons. The Labute approximate surface area is 285 Å². The predicted molar refractivity (Wildman–Crippen MR) is 188 cm³/mol. The molecule has 2 aliphatic rings. The smallest absolute Gasteiger partial charge is 0.326 e. The lowest BCUT2D eigenvalue weighted by atomic mass is 9.98. The number of H-pyrrole nitrogens is 1. The van der Waals surface area contributed by atoms with E-state index in [1.165, 1.54) is 0 Å². The van der Waals surface area contributed by atoms with E-state index in [1.807, 2.05) is 108 Å². The first-order valence-electron chi connectivity index (χ1n) is 17.1. The molecule has 49 heavy (non-hydrogen) atoms. The molecule has 0 saturated carbocycles. The van der Waals surface area contributed by atoms with Crippen LogP contribution in [0.1, 0.15) is 65.5 Å². The lowest BCUT2D eigenvalue weighted by molar-refractivity contribution is -0.253. The second-order valence-electron chi connectivity index (χ2n) is 13.0. The van der Waals surface area contributed by atoms with Gasteiger partial charge in [0, 0.05) is 50.7 Å². The van der Waals surface area contributed by atoms with Crippen molar-refractivity contribution in [3.05, 3.63) is 141 Å². The first-order chi connectivity index (χ1) is 24.0. The molecular formula is C39H43N5O5. The second-order valence-corrected chi connectivity index (χ2v) is 13.0. The number of aromatic amines is 1. The number of carbonyl (C=O) groups is 1. The minimum absolute atomic E-state index is 0.00329. The van der Waals surface area contributed by atoms with E-state index in [1.54, 1.807) is 0 Å². The SMILES string of the molecule is O=C(NCc1ccccc1)NCc1ccc(C2OC(CN3CCC(n4c(=O)[nH]c5ccccc54)CC3)CC(c3ccc(CO)cc3)O2)cc1. The van der Waals surface area contributed by atoms with Crippen molar-refractivity contribution in [2.75, 3.05) is 19.6 Å². The summed E-state index contributed by atoms with van der Waals surface area (Å²) in [4.78, 5) is 30.6. The number of carbonyl (C=O) groups excluding carboxylic acids is 1. The molecule has 3 atom stereocenters. The topological polar surface area (TPSA) is 121 Å². The van der Waals surface area contributed by atoms with Crippen LogP contribution in [0, 0.1) is 0 Å². The standard InChI is InChI=1S/C39H43N5O5/c45-26-29-12-14-30(15-13-29)36-22-33(25-43-20-18-32(19-21-43)44-35-9-5-4-8-34(35)42-39(44)47)48-37(49-36)31-16-10-28(11-17-31)24-41-38(46)40-23-27-6-2-1-3-7-27/h1-17,32-33,36-37,45H,18-26H2,(H,42,47)(H2,40,41,46). The number of fused-ring (bicyclic) bond motifs is 1. The molecule has 10 nitrogen and oxygen atoms in total. The highest BCUT2D eigenvalue weighted by molar-refractivity contribution is 5.75. The van der Waals surface area contributed by atoms with Gasteiger partial charge in [0.2, 0.25) is 0 Å². The number of para-hydroxylation sites is 2. The molecule has 254 valence electrons. The third kappa shape index (κ3) is 7.95. The maximum absolute atomic E-state index is 12.8. The van der Waals surface area contributed by atoms with Crippen LogP contribution in [-0.2, 0) is 29.2 Å². The Kier molecular flexibility index (Phi) is 10.2. The van der Waals surface area contributed by atoms with Crippen molar-refractivity contribution < 1.29 is 19.4 Å². The van der Waals surface area contributed by atoms with Gasteiger partial charge in [0.1, 0.15) is 0 Å². The van der Waals surface area contributed by atoms with Crippen molar-refractivity contribution in [1.29, 1.82) is 0 Å². The fraction of sp³-hybridized carbons (Fsp3) is 0.333. The van der Waals surface area contributed by atoms with Crippen molar-refractivity contribution in [2.45, 2.75) is 63.5 Å². The lowest BCUT2D eigenvalue weighted by Gasteiger charge is -2.40. The third-order valence-corrected chi connectivity index (χ3v) is 9.62. The number of hydrogen-bond donors (Lipinski definition) is 4. The van der Waals surface area contributed by atoms with Gasteiger partial charge in [-0.3, -0.25) is 4.57 Å². The van der Waals surface area contributed by atoms with Crippen LogP contribution in [0.2, 0.25) is 0 Å². The number of aliphatic hydroxyl groups is 1. The number of imidazole rings is 1. The van der Waals surface area contributed by atoms with Gasteiger partial charge >= 0.3 is 11.7 Å². The maximum Gasteiger partial charge on any atom is 0.326 e. The molecule has 4 aromatic carbocycles. The van der Waals surface area contributed by atoms with Crippen molar-refractivity contribution in [2.24, 2.45) is 0 Å². The van der Waals surface area contributed by atoms with E-state index >= 15 is 0 Å². The second kappa shape index (κ2) is 15.2. The van der Waals surface area contributed by atoms with Gasteiger partial charge in [-0.25, -0.2) is 9.59 Å². The Morgan fingerprint density at radius 3 is 2.12 bits per heavy atom. The molecule has 3 unspecified atom stereocenters. The summed E-state index contributed by atoms with van der Waals surface area (Å²) in [7, 11) is 0. The van der Waals surface area contributed by atoms with E-state index in [9.17, 15) is 14.7 Å². The first kappa shape index (κ1) is 32.8. The van der Waals surface area contributed by atoms with Gasteiger partial charge in [0.25, 0.3) is 0 Å². The van der Waals surface area contributed by atoms with Crippen LogP contribution >= 0.6 is 0 Å². The van der Waals surface area contributed by atoms with E-state index in [0.29, 0.717) is 19.5 Å². The van der Waals surface area contributed by atoms with Gasteiger partial charge in [0.05, 0.1) is 29.8 Å². The van der Waals surface area contributed by atoms with Crippen molar-refractivity contribution in [1.82, 2.24) is 25.1 Å². The zero-order valence-corrected chi connectivity index (χ0v) is 27.5. The number of ether oxygens (including phenoxy) is 2. The number of aliphatic hydroxyl groups excluding tert-OH is 1. The third-order valence-electron chi connectivity index (χ3n) is 9.62. The Morgan fingerprint density at radius 2 is 1.41 bits per heavy atom. The fourth-order valence-electron chi connectivity index (χ4n) is 6.93. The summed E-state index contributed by atoms with van der Waals surface area (Å²) in [6, 6.07) is 33.5. The summed E-state index contributed by atoms with van der Waals surface area (Å²) < 4.78 is 15.1. The number of piperidine rings is 1. The van der Waals surface area contributed by atoms with Crippen LogP contribution in [-0.4, -0.2) is 51.3 Å². The molecule has 1 aromatic heterocycles. The van der Waals surface area contributed by atoms with Crippen molar-refractivity contribution in [3.63, 3.8) is 0 Å². The van der Waals surface area contributed by atoms with Crippen LogP contribution in [0.4, 0.5) is 4.79 Å². The quantitative estimate of drug-likeness (QED) is 0.152. The normalized spacial score (nSPS) is 20.3. The molecule has 2 saturated heterocycles. The van der Waals surface area contributed by atoms with E-state index in [2.05, 4.69) is 20.5 Å². The minimum atomic E-state index is -0.556.